The molecule has 5 nitrogen and oxygen atoms in total. The fraction of sp³-hybridized carbons (Fsp3) is 0.500. The van der Waals surface area contributed by atoms with Gasteiger partial charge in [-0.2, -0.15) is 0 Å². The number of amides is 1. The fourth-order valence-corrected chi connectivity index (χ4v) is 1.86. The second-order valence-corrected chi connectivity index (χ2v) is 4.10. The van der Waals surface area contributed by atoms with E-state index in [-0.39, 0.29) is 11.9 Å². The number of hydrogen-bond acceptors (Lipinski definition) is 4. The lowest BCUT2D eigenvalue weighted by molar-refractivity contribution is 0.00357. The topological polar surface area (TPSA) is 54.5 Å². The van der Waals surface area contributed by atoms with Gasteiger partial charge in [-0.1, -0.05) is 0 Å². The fourth-order valence-electron chi connectivity index (χ4n) is 1.86. The van der Waals surface area contributed by atoms with Crippen molar-refractivity contribution in [3.63, 3.8) is 0 Å². The molecule has 0 bridgehead atoms. The van der Waals surface area contributed by atoms with Gasteiger partial charge in [0.15, 0.2) is 0 Å². The highest BCUT2D eigenvalue weighted by Gasteiger charge is 2.24. The molecule has 1 aromatic heterocycles. The minimum atomic E-state index is 0.0240. The Balaban J connectivity index is 2.12. The summed E-state index contributed by atoms with van der Waals surface area (Å²) in [6, 6.07) is 3.72. The van der Waals surface area contributed by atoms with Gasteiger partial charge in [0.2, 0.25) is 0 Å². The maximum absolute atomic E-state index is 12.2. The lowest BCUT2D eigenvalue weighted by Crippen LogP contribution is -2.47. The predicted molar refractivity (Wildman–Crippen MR) is 65.1 cm³/mol. The highest BCUT2D eigenvalue weighted by molar-refractivity contribution is 5.94. The molecule has 1 aromatic rings. The van der Waals surface area contributed by atoms with Crippen molar-refractivity contribution >= 4 is 11.7 Å². The Kier molecular flexibility index (Phi) is 3.58. The van der Waals surface area contributed by atoms with Crippen molar-refractivity contribution in [1.29, 1.82) is 0 Å². The van der Waals surface area contributed by atoms with E-state index < -0.39 is 0 Å². The Morgan fingerprint density at radius 1 is 1.59 bits per heavy atom. The summed E-state index contributed by atoms with van der Waals surface area (Å²) >= 11 is 0. The normalized spacial score (nSPS) is 20.1. The Morgan fingerprint density at radius 2 is 2.41 bits per heavy atom. The zero-order chi connectivity index (χ0) is 12.3. The number of nitrogens with zero attached hydrogens (tertiary/aromatic N) is 2. The van der Waals surface area contributed by atoms with Crippen molar-refractivity contribution in [2.75, 3.05) is 32.1 Å². The summed E-state index contributed by atoms with van der Waals surface area (Å²) in [5, 5.41) is 2.93. The molecule has 0 spiro atoms. The number of hydrogen-bond donors (Lipinski definition) is 1. The molecule has 1 atom stereocenters. The van der Waals surface area contributed by atoms with E-state index in [0.29, 0.717) is 25.3 Å². The van der Waals surface area contributed by atoms with Crippen LogP contribution >= 0.6 is 0 Å². The molecule has 2 heterocycles. The molecule has 0 aromatic carbocycles. The summed E-state index contributed by atoms with van der Waals surface area (Å²) in [5.74, 6) is 0.785. The van der Waals surface area contributed by atoms with E-state index in [0.717, 1.165) is 5.82 Å². The molecule has 0 saturated carbocycles. The Hall–Kier alpha value is -1.62. The molecule has 92 valence electrons. The number of carbonyl (C=O) groups excluding carboxylic acids is 1. The van der Waals surface area contributed by atoms with E-state index in [1.807, 2.05) is 11.8 Å². The van der Waals surface area contributed by atoms with Crippen LogP contribution in [-0.2, 0) is 4.74 Å². The molecule has 2 rings (SSSR count). The van der Waals surface area contributed by atoms with Crippen LogP contribution in [0.2, 0.25) is 0 Å². The molecule has 1 unspecified atom stereocenters. The van der Waals surface area contributed by atoms with E-state index in [9.17, 15) is 4.79 Å². The number of rotatable bonds is 2. The van der Waals surface area contributed by atoms with Crippen LogP contribution in [-0.4, -0.2) is 48.6 Å². The van der Waals surface area contributed by atoms with Crippen LogP contribution in [0.5, 0.6) is 0 Å². The standard InChI is InChI=1S/C12H17N3O2/c1-9-8-17-6-5-15(9)12(16)10-3-4-11(13-2)14-7-10/h3-4,7,9H,5-6,8H2,1-2H3,(H,13,14). The predicted octanol–water partition coefficient (Wildman–Crippen LogP) is 0.984. The van der Waals surface area contributed by atoms with Gasteiger partial charge in [-0.3, -0.25) is 4.79 Å². The average molecular weight is 235 g/mol. The molecule has 17 heavy (non-hydrogen) atoms. The van der Waals surface area contributed by atoms with Gasteiger partial charge in [-0.05, 0) is 19.1 Å². The number of carbonyl (C=O) groups is 1. The lowest BCUT2D eigenvalue weighted by atomic mass is 10.2. The summed E-state index contributed by atoms with van der Waals surface area (Å²) in [5.41, 5.74) is 0.623. The number of nitrogens with one attached hydrogen (secondary N) is 1. The highest BCUT2D eigenvalue weighted by Crippen LogP contribution is 2.12. The molecule has 1 fully saturated rings. The quantitative estimate of drug-likeness (QED) is 0.830. The van der Waals surface area contributed by atoms with Crippen molar-refractivity contribution in [1.82, 2.24) is 9.88 Å². The van der Waals surface area contributed by atoms with Crippen LogP contribution in [0.3, 0.4) is 0 Å². The zero-order valence-corrected chi connectivity index (χ0v) is 10.1. The smallest absolute Gasteiger partial charge is 0.255 e. The van der Waals surface area contributed by atoms with Crippen molar-refractivity contribution in [2.45, 2.75) is 13.0 Å². The average Bonchev–Trinajstić information content (AvgIpc) is 2.39. The van der Waals surface area contributed by atoms with Gasteiger partial charge < -0.3 is 15.0 Å². The van der Waals surface area contributed by atoms with E-state index in [1.165, 1.54) is 0 Å². The number of ether oxygens (including phenoxy) is 1. The third-order valence-electron chi connectivity index (χ3n) is 2.90. The van der Waals surface area contributed by atoms with Crippen molar-refractivity contribution < 1.29 is 9.53 Å². The molecule has 1 aliphatic rings. The van der Waals surface area contributed by atoms with Crippen LogP contribution in [0.1, 0.15) is 17.3 Å². The molecular weight excluding hydrogens is 218 g/mol. The molecule has 0 aliphatic carbocycles. The van der Waals surface area contributed by atoms with Gasteiger partial charge in [0, 0.05) is 19.8 Å². The molecule has 1 aliphatic heterocycles. The number of pyridine rings is 1. The Bertz CT molecular complexity index is 391. The van der Waals surface area contributed by atoms with Crippen LogP contribution in [0, 0.1) is 0 Å². The molecule has 0 radical (unpaired) electrons. The SMILES string of the molecule is CNc1ccc(C(=O)N2CCOCC2C)cn1. The van der Waals surface area contributed by atoms with E-state index in [4.69, 9.17) is 4.74 Å². The van der Waals surface area contributed by atoms with E-state index in [1.54, 1.807) is 25.4 Å². The third-order valence-corrected chi connectivity index (χ3v) is 2.90. The Labute approximate surface area is 101 Å². The third kappa shape index (κ3) is 2.55. The van der Waals surface area contributed by atoms with Gasteiger partial charge in [0.25, 0.3) is 5.91 Å². The monoisotopic (exact) mass is 235 g/mol. The van der Waals surface area contributed by atoms with Crippen molar-refractivity contribution in [2.24, 2.45) is 0 Å². The van der Waals surface area contributed by atoms with Crippen molar-refractivity contribution in [3.05, 3.63) is 23.9 Å². The number of aromatic nitrogens is 1. The molecule has 1 amide bonds. The molecular formula is C12H17N3O2. The highest BCUT2D eigenvalue weighted by atomic mass is 16.5. The molecule has 1 N–H and O–H groups in total. The zero-order valence-electron chi connectivity index (χ0n) is 10.1. The number of morpholine rings is 1. The summed E-state index contributed by atoms with van der Waals surface area (Å²) in [4.78, 5) is 18.2. The van der Waals surface area contributed by atoms with Crippen LogP contribution in [0.25, 0.3) is 0 Å². The number of anilines is 1. The first kappa shape index (κ1) is 11.9. The second-order valence-electron chi connectivity index (χ2n) is 4.10. The van der Waals surface area contributed by atoms with Gasteiger partial charge in [0.05, 0.1) is 24.8 Å². The summed E-state index contributed by atoms with van der Waals surface area (Å²) in [7, 11) is 1.80. The lowest BCUT2D eigenvalue weighted by Gasteiger charge is -2.33. The van der Waals surface area contributed by atoms with Gasteiger partial charge in [-0.25, -0.2) is 4.98 Å². The van der Waals surface area contributed by atoms with Crippen LogP contribution < -0.4 is 5.32 Å². The first-order chi connectivity index (χ1) is 8.22. The van der Waals surface area contributed by atoms with Crippen LogP contribution in [0.4, 0.5) is 5.82 Å². The largest absolute Gasteiger partial charge is 0.377 e. The first-order valence-corrected chi connectivity index (χ1v) is 5.75. The maximum atomic E-state index is 12.2. The molecule has 5 heteroatoms. The maximum Gasteiger partial charge on any atom is 0.255 e. The van der Waals surface area contributed by atoms with Crippen molar-refractivity contribution in [3.8, 4) is 0 Å². The summed E-state index contributed by atoms with van der Waals surface area (Å²) in [6.07, 6.45) is 1.61. The second kappa shape index (κ2) is 5.14. The minimum Gasteiger partial charge on any atom is -0.377 e. The summed E-state index contributed by atoms with van der Waals surface area (Å²) in [6.45, 7) is 3.85. The summed E-state index contributed by atoms with van der Waals surface area (Å²) < 4.78 is 5.32. The van der Waals surface area contributed by atoms with Gasteiger partial charge in [-0.15, -0.1) is 0 Å². The van der Waals surface area contributed by atoms with Gasteiger partial charge >= 0.3 is 0 Å². The first-order valence-electron chi connectivity index (χ1n) is 5.75. The Morgan fingerprint density at radius 3 is 3.00 bits per heavy atom. The van der Waals surface area contributed by atoms with E-state index >= 15 is 0 Å². The minimum absolute atomic E-state index is 0.0240. The van der Waals surface area contributed by atoms with Crippen LogP contribution in [0.15, 0.2) is 18.3 Å². The molecule has 1 saturated heterocycles. The van der Waals surface area contributed by atoms with Gasteiger partial charge in [0.1, 0.15) is 5.82 Å². The van der Waals surface area contributed by atoms with E-state index in [2.05, 4.69) is 10.3 Å².